The Balaban J connectivity index is 1.46. The maximum absolute atomic E-state index is 13.1. The highest BCUT2D eigenvalue weighted by Crippen LogP contribution is 2.37. The Morgan fingerprint density at radius 3 is 2.32 bits per heavy atom. The largest absolute Gasteiger partial charge is 0.434 e. The number of aromatic nitrogens is 4. The van der Waals surface area contributed by atoms with Crippen LogP contribution in [0.3, 0.4) is 0 Å². The maximum Gasteiger partial charge on any atom is 0.434 e. The van der Waals surface area contributed by atoms with Crippen LogP contribution in [0.15, 0.2) is 60.9 Å². The third kappa shape index (κ3) is 4.50. The zero-order valence-electron chi connectivity index (χ0n) is 20.9. The van der Waals surface area contributed by atoms with Gasteiger partial charge in [-0.2, -0.15) is 13.2 Å². The van der Waals surface area contributed by atoms with E-state index in [2.05, 4.69) is 29.9 Å². The second-order valence-corrected chi connectivity index (χ2v) is 9.58. The minimum atomic E-state index is -4.51. The number of fused-ring (bicyclic) bond motifs is 1. The molecule has 3 heterocycles. The lowest BCUT2D eigenvalue weighted by Crippen LogP contribution is -2.30. The molecule has 0 unspecified atom stereocenters. The molecule has 1 atom stereocenters. The van der Waals surface area contributed by atoms with Gasteiger partial charge in [0.2, 0.25) is 5.91 Å². The van der Waals surface area contributed by atoms with Gasteiger partial charge >= 0.3 is 6.18 Å². The van der Waals surface area contributed by atoms with Crippen molar-refractivity contribution >= 4 is 11.7 Å². The van der Waals surface area contributed by atoms with Gasteiger partial charge in [-0.3, -0.25) is 9.69 Å². The molecule has 1 aliphatic rings. The molecule has 0 N–H and O–H groups in total. The molecule has 0 radical (unpaired) electrons. The Morgan fingerprint density at radius 1 is 0.973 bits per heavy atom. The molecule has 0 spiro atoms. The quantitative estimate of drug-likeness (QED) is 0.318. The van der Waals surface area contributed by atoms with E-state index in [1.165, 1.54) is 11.6 Å². The summed E-state index contributed by atoms with van der Waals surface area (Å²) in [5.74, 6) is 1.59. The molecule has 1 amide bonds. The van der Waals surface area contributed by atoms with E-state index in [4.69, 9.17) is 4.98 Å². The van der Waals surface area contributed by atoms with Crippen LogP contribution in [-0.4, -0.2) is 25.4 Å². The van der Waals surface area contributed by atoms with E-state index >= 15 is 0 Å². The summed E-state index contributed by atoms with van der Waals surface area (Å²) in [5, 5.41) is 0. The van der Waals surface area contributed by atoms with E-state index in [1.807, 2.05) is 37.3 Å². The van der Waals surface area contributed by atoms with Crippen molar-refractivity contribution in [2.24, 2.45) is 7.05 Å². The lowest BCUT2D eigenvalue weighted by molar-refractivity contribution is -0.140. The van der Waals surface area contributed by atoms with Crippen LogP contribution in [0.2, 0.25) is 0 Å². The van der Waals surface area contributed by atoms with Crippen molar-refractivity contribution in [3.05, 3.63) is 83.3 Å². The van der Waals surface area contributed by atoms with Crippen molar-refractivity contribution in [1.82, 2.24) is 19.5 Å². The van der Waals surface area contributed by atoms with Gasteiger partial charge in [-0.25, -0.2) is 15.0 Å². The summed E-state index contributed by atoms with van der Waals surface area (Å²) in [7, 11) is 1.53. The van der Waals surface area contributed by atoms with Crippen LogP contribution < -0.4 is 4.90 Å². The molecule has 6 nitrogen and oxygen atoms in total. The van der Waals surface area contributed by atoms with E-state index < -0.39 is 11.9 Å². The van der Waals surface area contributed by atoms with Gasteiger partial charge in [0, 0.05) is 36.1 Å². The summed E-state index contributed by atoms with van der Waals surface area (Å²) in [5.41, 5.74) is 3.29. The van der Waals surface area contributed by atoms with Gasteiger partial charge < -0.3 is 4.57 Å². The maximum atomic E-state index is 13.1. The molecule has 1 aliphatic heterocycles. The molecule has 5 rings (SSSR count). The molecule has 0 bridgehead atoms. The molecular weight excluding hydrogens is 479 g/mol. The minimum absolute atomic E-state index is 0.0749. The fourth-order valence-corrected chi connectivity index (χ4v) is 4.76. The average molecular weight is 506 g/mol. The number of imidazole rings is 1. The summed E-state index contributed by atoms with van der Waals surface area (Å²) in [6.45, 7) is 6.14. The smallest absolute Gasteiger partial charge is 0.333 e. The number of aryl methyl sites for hydroxylation is 1. The highest BCUT2D eigenvalue weighted by Gasteiger charge is 2.35. The zero-order chi connectivity index (χ0) is 26.5. The normalized spacial score (nSPS) is 14.4. The third-order valence-electron chi connectivity index (χ3n) is 6.71. The Kier molecular flexibility index (Phi) is 6.09. The first-order valence-corrected chi connectivity index (χ1v) is 12.0. The molecule has 4 aromatic rings. The Morgan fingerprint density at radius 2 is 1.68 bits per heavy atom. The summed E-state index contributed by atoms with van der Waals surface area (Å²) < 4.78 is 40.6. The number of rotatable bonds is 5. The second kappa shape index (κ2) is 9.14. The average Bonchev–Trinajstić information content (AvgIpc) is 3.42. The van der Waals surface area contributed by atoms with Crippen LogP contribution in [0.1, 0.15) is 55.1 Å². The van der Waals surface area contributed by atoms with Crippen molar-refractivity contribution in [1.29, 1.82) is 0 Å². The SMILES string of the molecule is CC(C)c1ccccc1-c1ncc2c(n1)N([C@H](C)c1ccc(-c3nc(C(F)(F)F)cn3C)cc1)C(=O)C2. The van der Waals surface area contributed by atoms with Gasteiger partial charge in [-0.1, -0.05) is 62.4 Å². The van der Waals surface area contributed by atoms with Crippen molar-refractivity contribution in [3.63, 3.8) is 0 Å². The molecule has 0 saturated heterocycles. The zero-order valence-corrected chi connectivity index (χ0v) is 20.9. The monoisotopic (exact) mass is 505 g/mol. The summed E-state index contributed by atoms with van der Waals surface area (Å²) in [6, 6.07) is 14.7. The van der Waals surface area contributed by atoms with Crippen molar-refractivity contribution < 1.29 is 18.0 Å². The van der Waals surface area contributed by atoms with Crippen LogP contribution in [-0.2, 0) is 24.4 Å². The first kappa shape index (κ1) is 24.7. The van der Waals surface area contributed by atoms with E-state index in [-0.39, 0.29) is 30.1 Å². The molecular formula is C28H26F3N5O. The Hall–Kier alpha value is -4.01. The molecule has 9 heteroatoms. The molecule has 0 saturated carbocycles. The van der Waals surface area contributed by atoms with E-state index in [1.54, 1.807) is 23.2 Å². The van der Waals surface area contributed by atoms with Gasteiger partial charge in [-0.05, 0) is 24.0 Å². The number of carbonyl (C=O) groups is 1. The first-order chi connectivity index (χ1) is 17.5. The van der Waals surface area contributed by atoms with Gasteiger partial charge in [0.25, 0.3) is 0 Å². The van der Waals surface area contributed by atoms with E-state index in [9.17, 15) is 18.0 Å². The number of carbonyl (C=O) groups excluding carboxylic acids is 1. The molecule has 0 aliphatic carbocycles. The van der Waals surface area contributed by atoms with E-state index in [0.29, 0.717) is 17.2 Å². The number of nitrogens with zero attached hydrogens (tertiary/aromatic N) is 5. The molecule has 2 aromatic carbocycles. The first-order valence-electron chi connectivity index (χ1n) is 12.0. The summed E-state index contributed by atoms with van der Waals surface area (Å²) in [4.78, 5) is 27.9. The summed E-state index contributed by atoms with van der Waals surface area (Å²) >= 11 is 0. The fraction of sp³-hybridized carbons (Fsp3) is 0.286. The van der Waals surface area contributed by atoms with Crippen LogP contribution in [0.25, 0.3) is 22.8 Å². The Bertz CT molecular complexity index is 1470. The Labute approximate surface area is 212 Å². The fourth-order valence-electron chi connectivity index (χ4n) is 4.76. The predicted octanol–water partition coefficient (Wildman–Crippen LogP) is 6.34. The molecule has 0 fully saturated rings. The number of amides is 1. The molecule has 190 valence electrons. The van der Waals surface area contributed by atoms with Crippen LogP contribution in [0.4, 0.5) is 19.0 Å². The summed E-state index contributed by atoms with van der Waals surface area (Å²) in [6.07, 6.45) is -1.59. The number of anilines is 1. The van der Waals surface area contributed by atoms with Crippen LogP contribution in [0.5, 0.6) is 0 Å². The highest BCUT2D eigenvalue weighted by atomic mass is 19.4. The van der Waals surface area contributed by atoms with Crippen molar-refractivity contribution in [3.8, 4) is 22.8 Å². The van der Waals surface area contributed by atoms with Gasteiger partial charge in [0.05, 0.1) is 12.5 Å². The van der Waals surface area contributed by atoms with Gasteiger partial charge in [0.15, 0.2) is 11.5 Å². The number of halogens is 3. The topological polar surface area (TPSA) is 63.9 Å². The van der Waals surface area contributed by atoms with Crippen molar-refractivity contribution in [2.75, 3.05) is 4.90 Å². The lowest BCUT2D eigenvalue weighted by atomic mass is 9.97. The predicted molar refractivity (Wildman–Crippen MR) is 135 cm³/mol. The molecule has 2 aromatic heterocycles. The second-order valence-electron chi connectivity index (χ2n) is 9.58. The third-order valence-corrected chi connectivity index (χ3v) is 6.71. The van der Waals surface area contributed by atoms with Crippen LogP contribution >= 0.6 is 0 Å². The van der Waals surface area contributed by atoms with Crippen molar-refractivity contribution in [2.45, 2.75) is 45.3 Å². The number of hydrogen-bond donors (Lipinski definition) is 0. The number of hydrogen-bond acceptors (Lipinski definition) is 4. The highest BCUT2D eigenvalue weighted by molar-refractivity contribution is 6.01. The molecule has 37 heavy (non-hydrogen) atoms. The number of alkyl halides is 3. The minimum Gasteiger partial charge on any atom is -0.333 e. The number of benzene rings is 2. The lowest BCUT2D eigenvalue weighted by Gasteiger charge is -2.25. The standard InChI is InChI=1S/C28H26F3N5O/c1-16(2)21-7-5-6-8-22(21)25-32-14-20-13-24(37)36(27(20)34-25)17(3)18-9-11-19(12-10-18)26-33-23(15-35(26)4)28(29,30)31/h5-12,14-17H,13H2,1-4H3/t17-/m1/s1. The van der Waals surface area contributed by atoms with Gasteiger partial charge in [-0.15, -0.1) is 0 Å². The van der Waals surface area contributed by atoms with E-state index in [0.717, 1.165) is 28.5 Å². The van der Waals surface area contributed by atoms with Gasteiger partial charge in [0.1, 0.15) is 11.6 Å². The van der Waals surface area contributed by atoms with Crippen LogP contribution in [0, 0.1) is 0 Å².